The maximum absolute atomic E-state index is 5.50. The molecule has 0 aliphatic carbocycles. The highest BCUT2D eigenvalue weighted by atomic mass is 16.5. The van der Waals surface area contributed by atoms with E-state index in [1.54, 1.807) is 13.4 Å². The zero-order valence-corrected chi connectivity index (χ0v) is 10.8. The molecule has 0 radical (unpaired) electrons. The van der Waals surface area contributed by atoms with Gasteiger partial charge >= 0.3 is 0 Å². The second kappa shape index (κ2) is 4.28. The van der Waals surface area contributed by atoms with Gasteiger partial charge in [0.2, 0.25) is 0 Å². The topological polar surface area (TPSA) is 22.4 Å². The molecule has 0 N–H and O–H groups in total. The van der Waals surface area contributed by atoms with Gasteiger partial charge in [0.05, 0.1) is 13.4 Å². The third-order valence-corrected chi connectivity index (χ3v) is 2.82. The minimum atomic E-state index is 0.0778. The Morgan fingerprint density at radius 2 is 1.88 bits per heavy atom. The number of hydrogen-bond acceptors (Lipinski definition) is 2. The van der Waals surface area contributed by atoms with E-state index in [9.17, 15) is 0 Å². The van der Waals surface area contributed by atoms with Crippen LogP contribution in [0.3, 0.4) is 0 Å². The van der Waals surface area contributed by atoms with Crippen LogP contribution in [-0.2, 0) is 5.41 Å². The van der Waals surface area contributed by atoms with Gasteiger partial charge < -0.3 is 9.15 Å². The lowest BCUT2D eigenvalue weighted by molar-refractivity contribution is 0.414. The maximum Gasteiger partial charge on any atom is 0.134 e. The number of benzene rings is 1. The standard InChI is InChI=1S/C15H18O2/c1-15(2,3)13-8-7-11(16-4)10-12(13)14-6-5-9-17-14/h5-10H,1-4H3. The average Bonchev–Trinajstić information content (AvgIpc) is 2.80. The lowest BCUT2D eigenvalue weighted by Crippen LogP contribution is -2.12. The summed E-state index contributed by atoms with van der Waals surface area (Å²) < 4.78 is 10.8. The number of furan rings is 1. The molecule has 1 heterocycles. The largest absolute Gasteiger partial charge is 0.497 e. The van der Waals surface area contributed by atoms with Crippen LogP contribution in [0.15, 0.2) is 41.0 Å². The van der Waals surface area contributed by atoms with Gasteiger partial charge in [0.1, 0.15) is 11.5 Å². The van der Waals surface area contributed by atoms with Crippen LogP contribution in [0.5, 0.6) is 5.75 Å². The summed E-state index contributed by atoms with van der Waals surface area (Å²) in [6.45, 7) is 6.59. The molecule has 0 spiro atoms. The van der Waals surface area contributed by atoms with Gasteiger partial charge in [-0.2, -0.15) is 0 Å². The van der Waals surface area contributed by atoms with Crippen LogP contribution in [-0.4, -0.2) is 7.11 Å². The van der Waals surface area contributed by atoms with E-state index >= 15 is 0 Å². The molecule has 2 nitrogen and oxygen atoms in total. The van der Waals surface area contributed by atoms with Gasteiger partial charge in [0.15, 0.2) is 0 Å². The summed E-state index contributed by atoms with van der Waals surface area (Å²) in [5.74, 6) is 1.73. The summed E-state index contributed by atoms with van der Waals surface area (Å²) in [5.41, 5.74) is 2.43. The Balaban J connectivity index is 2.61. The molecule has 90 valence electrons. The molecule has 0 bridgehead atoms. The van der Waals surface area contributed by atoms with Gasteiger partial charge in [-0.1, -0.05) is 26.8 Å². The Hall–Kier alpha value is -1.70. The number of methoxy groups -OCH3 is 1. The van der Waals surface area contributed by atoms with Crippen molar-refractivity contribution in [3.8, 4) is 17.1 Å². The van der Waals surface area contributed by atoms with Crippen LogP contribution in [0.1, 0.15) is 26.3 Å². The highest BCUT2D eigenvalue weighted by Gasteiger charge is 2.20. The van der Waals surface area contributed by atoms with Crippen LogP contribution in [0, 0.1) is 0 Å². The summed E-state index contributed by atoms with van der Waals surface area (Å²) in [5, 5.41) is 0. The molecule has 0 aliphatic heterocycles. The normalized spacial score (nSPS) is 11.5. The highest BCUT2D eigenvalue weighted by molar-refractivity contribution is 5.66. The molecule has 0 fully saturated rings. The monoisotopic (exact) mass is 230 g/mol. The molecule has 0 unspecified atom stereocenters. The van der Waals surface area contributed by atoms with Crippen LogP contribution in [0.4, 0.5) is 0 Å². The first kappa shape index (κ1) is 11.8. The van der Waals surface area contributed by atoms with Crippen LogP contribution < -0.4 is 4.74 Å². The van der Waals surface area contributed by atoms with E-state index in [-0.39, 0.29) is 5.41 Å². The molecular weight excluding hydrogens is 212 g/mol. The fourth-order valence-electron chi connectivity index (χ4n) is 1.94. The van der Waals surface area contributed by atoms with Gasteiger partial charge in [-0.3, -0.25) is 0 Å². The van der Waals surface area contributed by atoms with Crippen molar-refractivity contribution in [2.24, 2.45) is 0 Å². The lowest BCUT2D eigenvalue weighted by atomic mass is 9.83. The molecule has 0 saturated carbocycles. The third-order valence-electron chi connectivity index (χ3n) is 2.82. The molecule has 0 atom stereocenters. The van der Waals surface area contributed by atoms with Crippen molar-refractivity contribution in [3.05, 3.63) is 42.2 Å². The zero-order chi connectivity index (χ0) is 12.5. The minimum Gasteiger partial charge on any atom is -0.497 e. The first-order valence-corrected chi connectivity index (χ1v) is 5.75. The second-order valence-corrected chi connectivity index (χ2v) is 5.14. The quantitative estimate of drug-likeness (QED) is 0.769. The first-order valence-electron chi connectivity index (χ1n) is 5.75. The van der Waals surface area contributed by atoms with Gasteiger partial charge in [0, 0.05) is 5.56 Å². The van der Waals surface area contributed by atoms with E-state index in [1.165, 1.54) is 5.56 Å². The highest BCUT2D eigenvalue weighted by Crippen LogP contribution is 2.35. The smallest absolute Gasteiger partial charge is 0.134 e. The predicted octanol–water partition coefficient (Wildman–Crippen LogP) is 4.25. The Kier molecular flexibility index (Phi) is 2.97. The summed E-state index contributed by atoms with van der Waals surface area (Å²) >= 11 is 0. The zero-order valence-electron chi connectivity index (χ0n) is 10.8. The SMILES string of the molecule is COc1ccc(C(C)(C)C)c(-c2ccco2)c1. The van der Waals surface area contributed by atoms with Gasteiger partial charge in [-0.15, -0.1) is 0 Å². The Bertz CT molecular complexity index is 490. The maximum atomic E-state index is 5.50. The van der Waals surface area contributed by atoms with Crippen molar-refractivity contribution in [1.82, 2.24) is 0 Å². The number of ether oxygens (including phenoxy) is 1. The fraction of sp³-hybridized carbons (Fsp3) is 0.333. The fourth-order valence-corrected chi connectivity index (χ4v) is 1.94. The van der Waals surface area contributed by atoms with Crippen molar-refractivity contribution in [3.63, 3.8) is 0 Å². The van der Waals surface area contributed by atoms with E-state index in [1.807, 2.05) is 24.3 Å². The number of rotatable bonds is 2. The van der Waals surface area contributed by atoms with E-state index < -0.39 is 0 Å². The Morgan fingerprint density at radius 1 is 1.12 bits per heavy atom. The van der Waals surface area contributed by atoms with Crippen molar-refractivity contribution in [1.29, 1.82) is 0 Å². The summed E-state index contributed by atoms with van der Waals surface area (Å²) in [6.07, 6.45) is 1.70. The average molecular weight is 230 g/mol. The molecule has 0 saturated heterocycles. The molecule has 0 aliphatic rings. The molecule has 1 aromatic heterocycles. The molecule has 2 rings (SSSR count). The molecular formula is C15H18O2. The lowest BCUT2D eigenvalue weighted by Gasteiger charge is -2.22. The molecule has 2 heteroatoms. The minimum absolute atomic E-state index is 0.0778. The van der Waals surface area contributed by atoms with Crippen molar-refractivity contribution >= 4 is 0 Å². The van der Waals surface area contributed by atoms with Gasteiger partial charge in [0.25, 0.3) is 0 Å². The Morgan fingerprint density at radius 3 is 2.41 bits per heavy atom. The van der Waals surface area contributed by atoms with Crippen LogP contribution >= 0.6 is 0 Å². The molecule has 2 aromatic rings. The van der Waals surface area contributed by atoms with Crippen LogP contribution in [0.2, 0.25) is 0 Å². The van der Waals surface area contributed by atoms with Gasteiger partial charge in [-0.25, -0.2) is 0 Å². The predicted molar refractivity (Wildman–Crippen MR) is 69.4 cm³/mol. The third kappa shape index (κ3) is 2.36. The van der Waals surface area contributed by atoms with Gasteiger partial charge in [-0.05, 0) is 35.2 Å². The summed E-state index contributed by atoms with van der Waals surface area (Å²) in [7, 11) is 1.68. The van der Waals surface area contributed by atoms with Crippen LogP contribution in [0.25, 0.3) is 11.3 Å². The van der Waals surface area contributed by atoms with E-state index in [4.69, 9.17) is 9.15 Å². The number of hydrogen-bond donors (Lipinski definition) is 0. The second-order valence-electron chi connectivity index (χ2n) is 5.14. The summed E-state index contributed by atoms with van der Waals surface area (Å²) in [6, 6.07) is 10.0. The molecule has 1 aromatic carbocycles. The van der Waals surface area contributed by atoms with E-state index in [2.05, 4.69) is 26.8 Å². The van der Waals surface area contributed by atoms with E-state index in [0.717, 1.165) is 17.1 Å². The molecule has 17 heavy (non-hydrogen) atoms. The van der Waals surface area contributed by atoms with Crippen molar-refractivity contribution < 1.29 is 9.15 Å². The Labute approximate surface area is 102 Å². The van der Waals surface area contributed by atoms with Crippen molar-refractivity contribution in [2.45, 2.75) is 26.2 Å². The van der Waals surface area contributed by atoms with Crippen molar-refractivity contribution in [2.75, 3.05) is 7.11 Å². The first-order chi connectivity index (χ1) is 8.02. The van der Waals surface area contributed by atoms with E-state index in [0.29, 0.717) is 0 Å². The molecule has 0 amide bonds. The summed E-state index contributed by atoms with van der Waals surface area (Å²) in [4.78, 5) is 0.